The SMILES string of the molecule is CC[C@H](N)C(=O)N(CCOC)Cc1ccccn1. The van der Waals surface area contributed by atoms with Crippen LogP contribution in [0.3, 0.4) is 0 Å². The second-order valence-corrected chi connectivity index (χ2v) is 4.09. The first kappa shape index (κ1) is 14.6. The molecule has 0 aliphatic rings. The number of rotatable bonds is 7. The van der Waals surface area contributed by atoms with Gasteiger partial charge >= 0.3 is 0 Å². The van der Waals surface area contributed by atoms with Crippen molar-refractivity contribution in [3.05, 3.63) is 30.1 Å². The highest BCUT2D eigenvalue weighted by Gasteiger charge is 2.19. The maximum Gasteiger partial charge on any atom is 0.239 e. The van der Waals surface area contributed by atoms with Crippen molar-refractivity contribution in [3.8, 4) is 0 Å². The number of ether oxygens (including phenoxy) is 1. The van der Waals surface area contributed by atoms with E-state index in [1.807, 2.05) is 25.1 Å². The molecule has 5 heteroatoms. The van der Waals surface area contributed by atoms with Crippen molar-refractivity contribution in [2.75, 3.05) is 20.3 Å². The van der Waals surface area contributed by atoms with Gasteiger partial charge in [0.05, 0.1) is 24.9 Å². The lowest BCUT2D eigenvalue weighted by Gasteiger charge is -2.24. The van der Waals surface area contributed by atoms with Crippen LogP contribution in [-0.4, -0.2) is 42.1 Å². The number of methoxy groups -OCH3 is 1. The Hall–Kier alpha value is -1.46. The maximum absolute atomic E-state index is 12.1. The third-order valence-corrected chi connectivity index (χ3v) is 2.71. The Morgan fingerprint density at radius 1 is 1.56 bits per heavy atom. The van der Waals surface area contributed by atoms with Crippen LogP contribution in [0.1, 0.15) is 19.0 Å². The Morgan fingerprint density at radius 2 is 2.33 bits per heavy atom. The minimum Gasteiger partial charge on any atom is -0.383 e. The molecule has 1 atom stereocenters. The molecule has 0 spiro atoms. The van der Waals surface area contributed by atoms with E-state index in [0.717, 1.165) is 5.69 Å². The molecule has 0 aliphatic heterocycles. The van der Waals surface area contributed by atoms with E-state index < -0.39 is 6.04 Å². The van der Waals surface area contributed by atoms with Gasteiger partial charge in [-0.25, -0.2) is 0 Å². The second-order valence-electron chi connectivity index (χ2n) is 4.09. The van der Waals surface area contributed by atoms with E-state index in [2.05, 4.69) is 4.98 Å². The molecule has 0 saturated heterocycles. The smallest absolute Gasteiger partial charge is 0.239 e. The van der Waals surface area contributed by atoms with Crippen molar-refractivity contribution in [3.63, 3.8) is 0 Å². The van der Waals surface area contributed by atoms with E-state index in [4.69, 9.17) is 10.5 Å². The lowest BCUT2D eigenvalue weighted by atomic mass is 10.2. The first-order valence-corrected chi connectivity index (χ1v) is 6.12. The summed E-state index contributed by atoms with van der Waals surface area (Å²) in [5.74, 6) is -0.0554. The van der Waals surface area contributed by atoms with Gasteiger partial charge in [0.1, 0.15) is 0 Å². The molecule has 5 nitrogen and oxygen atoms in total. The van der Waals surface area contributed by atoms with Gasteiger partial charge in [0.25, 0.3) is 0 Å². The van der Waals surface area contributed by atoms with Crippen LogP contribution in [0, 0.1) is 0 Å². The number of carbonyl (C=O) groups is 1. The largest absolute Gasteiger partial charge is 0.383 e. The summed E-state index contributed by atoms with van der Waals surface area (Å²) in [7, 11) is 1.61. The highest BCUT2D eigenvalue weighted by atomic mass is 16.5. The number of hydrogen-bond acceptors (Lipinski definition) is 4. The number of aromatic nitrogens is 1. The minimum atomic E-state index is -0.453. The molecule has 18 heavy (non-hydrogen) atoms. The zero-order chi connectivity index (χ0) is 13.4. The monoisotopic (exact) mass is 251 g/mol. The molecule has 0 aromatic carbocycles. The summed E-state index contributed by atoms with van der Waals surface area (Å²) in [5, 5.41) is 0. The molecule has 0 fully saturated rings. The zero-order valence-corrected chi connectivity index (χ0v) is 11.0. The highest BCUT2D eigenvalue weighted by Crippen LogP contribution is 2.04. The van der Waals surface area contributed by atoms with Crippen molar-refractivity contribution in [2.24, 2.45) is 5.73 Å². The quantitative estimate of drug-likeness (QED) is 0.778. The summed E-state index contributed by atoms with van der Waals surface area (Å²) in [6, 6.07) is 5.19. The predicted molar refractivity (Wildman–Crippen MR) is 69.8 cm³/mol. The third kappa shape index (κ3) is 4.43. The first-order valence-electron chi connectivity index (χ1n) is 6.12. The molecule has 0 saturated carbocycles. The summed E-state index contributed by atoms with van der Waals surface area (Å²) >= 11 is 0. The molecule has 1 aromatic rings. The lowest BCUT2D eigenvalue weighted by Crippen LogP contribution is -2.44. The van der Waals surface area contributed by atoms with Gasteiger partial charge in [-0.1, -0.05) is 13.0 Å². The molecule has 2 N–H and O–H groups in total. The molecule has 0 unspecified atom stereocenters. The molecule has 0 radical (unpaired) electrons. The van der Waals surface area contributed by atoms with Crippen LogP contribution in [-0.2, 0) is 16.1 Å². The Bertz CT molecular complexity index is 357. The van der Waals surface area contributed by atoms with Gasteiger partial charge in [-0.05, 0) is 18.6 Å². The number of hydrogen-bond donors (Lipinski definition) is 1. The Balaban J connectivity index is 2.69. The van der Waals surface area contributed by atoms with Gasteiger partial charge in [0.2, 0.25) is 5.91 Å². The first-order chi connectivity index (χ1) is 8.69. The average Bonchev–Trinajstić information content (AvgIpc) is 2.42. The van der Waals surface area contributed by atoms with Gasteiger partial charge in [-0.3, -0.25) is 9.78 Å². The van der Waals surface area contributed by atoms with E-state index in [1.54, 1.807) is 18.2 Å². The van der Waals surface area contributed by atoms with Crippen molar-refractivity contribution < 1.29 is 9.53 Å². The van der Waals surface area contributed by atoms with Gasteiger partial charge in [0.15, 0.2) is 0 Å². The second kappa shape index (κ2) is 7.79. The van der Waals surface area contributed by atoms with Crippen LogP contribution in [0.25, 0.3) is 0 Å². The molecule has 1 heterocycles. The predicted octanol–water partition coefficient (Wildman–Crippen LogP) is 0.794. The van der Waals surface area contributed by atoms with Gasteiger partial charge < -0.3 is 15.4 Å². The fourth-order valence-electron chi connectivity index (χ4n) is 1.56. The molecule has 1 aromatic heterocycles. The van der Waals surface area contributed by atoms with Crippen molar-refractivity contribution >= 4 is 5.91 Å². The molecular weight excluding hydrogens is 230 g/mol. The minimum absolute atomic E-state index is 0.0554. The lowest BCUT2D eigenvalue weighted by molar-refractivity contribution is -0.134. The van der Waals surface area contributed by atoms with E-state index in [9.17, 15) is 4.79 Å². The summed E-state index contributed by atoms with van der Waals surface area (Å²) in [4.78, 5) is 18.0. The van der Waals surface area contributed by atoms with Crippen LogP contribution < -0.4 is 5.73 Å². The fourth-order valence-corrected chi connectivity index (χ4v) is 1.56. The van der Waals surface area contributed by atoms with Crippen molar-refractivity contribution in [2.45, 2.75) is 25.9 Å². The Morgan fingerprint density at radius 3 is 2.89 bits per heavy atom. The third-order valence-electron chi connectivity index (χ3n) is 2.71. The van der Waals surface area contributed by atoms with E-state index >= 15 is 0 Å². The Labute approximate surface area is 108 Å². The molecule has 1 amide bonds. The standard InChI is InChI=1S/C13H21N3O2/c1-3-12(14)13(17)16(8-9-18-2)10-11-6-4-5-7-15-11/h4-7,12H,3,8-10,14H2,1-2H3/t12-/m0/s1. The molecule has 0 aliphatic carbocycles. The molecule has 0 bridgehead atoms. The molecule has 100 valence electrons. The van der Waals surface area contributed by atoms with E-state index in [0.29, 0.717) is 26.1 Å². The highest BCUT2D eigenvalue weighted by molar-refractivity contribution is 5.81. The topological polar surface area (TPSA) is 68.5 Å². The van der Waals surface area contributed by atoms with Gasteiger partial charge in [-0.15, -0.1) is 0 Å². The average molecular weight is 251 g/mol. The summed E-state index contributed by atoms with van der Waals surface area (Å²) in [6.45, 7) is 3.39. The van der Waals surface area contributed by atoms with E-state index in [-0.39, 0.29) is 5.91 Å². The van der Waals surface area contributed by atoms with E-state index in [1.165, 1.54) is 0 Å². The number of nitrogens with two attached hydrogens (primary N) is 1. The summed E-state index contributed by atoms with van der Waals surface area (Å²) in [5.41, 5.74) is 6.64. The Kier molecular flexibility index (Phi) is 6.32. The number of carbonyl (C=O) groups excluding carboxylic acids is 1. The van der Waals surface area contributed by atoms with Gasteiger partial charge in [-0.2, -0.15) is 0 Å². The van der Waals surface area contributed by atoms with Crippen LogP contribution in [0.2, 0.25) is 0 Å². The van der Waals surface area contributed by atoms with Crippen LogP contribution in [0.5, 0.6) is 0 Å². The fraction of sp³-hybridized carbons (Fsp3) is 0.538. The van der Waals surface area contributed by atoms with Gasteiger partial charge in [0, 0.05) is 19.9 Å². The number of amides is 1. The van der Waals surface area contributed by atoms with Crippen molar-refractivity contribution in [1.82, 2.24) is 9.88 Å². The summed E-state index contributed by atoms with van der Waals surface area (Å²) < 4.78 is 5.02. The summed E-state index contributed by atoms with van der Waals surface area (Å²) in [6.07, 6.45) is 2.35. The number of nitrogens with zero attached hydrogens (tertiary/aromatic N) is 2. The number of pyridine rings is 1. The normalized spacial score (nSPS) is 12.2. The molecule has 1 rings (SSSR count). The van der Waals surface area contributed by atoms with Crippen LogP contribution >= 0.6 is 0 Å². The zero-order valence-electron chi connectivity index (χ0n) is 11.0. The van der Waals surface area contributed by atoms with Crippen LogP contribution in [0.15, 0.2) is 24.4 Å². The maximum atomic E-state index is 12.1. The molecular formula is C13H21N3O2. The van der Waals surface area contributed by atoms with Crippen molar-refractivity contribution in [1.29, 1.82) is 0 Å². The van der Waals surface area contributed by atoms with Crippen LogP contribution in [0.4, 0.5) is 0 Å².